The first kappa shape index (κ1) is 21.3. The molecule has 7 nitrogen and oxygen atoms in total. The summed E-state index contributed by atoms with van der Waals surface area (Å²) in [7, 11) is 1.24. The van der Waals surface area contributed by atoms with Crippen molar-refractivity contribution in [2.75, 3.05) is 19.0 Å². The van der Waals surface area contributed by atoms with Crippen LogP contribution >= 0.6 is 11.3 Å². The molecule has 2 rings (SSSR count). The van der Waals surface area contributed by atoms with Gasteiger partial charge in [-0.25, -0.2) is 0 Å². The number of carbonyl (C=O) groups excluding carboxylic acids is 4. The van der Waals surface area contributed by atoms with Crippen LogP contribution in [0, 0.1) is 13.8 Å². The van der Waals surface area contributed by atoms with Crippen LogP contribution in [0.2, 0.25) is 0 Å². The summed E-state index contributed by atoms with van der Waals surface area (Å²) < 4.78 is 4.45. The van der Waals surface area contributed by atoms with Crippen molar-refractivity contribution in [3.63, 3.8) is 0 Å². The van der Waals surface area contributed by atoms with Crippen LogP contribution in [0.5, 0.6) is 0 Å². The van der Waals surface area contributed by atoms with Crippen molar-refractivity contribution in [1.82, 2.24) is 5.32 Å². The average Bonchev–Trinajstić information content (AvgIpc) is 3.02. The number of amides is 2. The minimum atomic E-state index is -0.542. The Morgan fingerprint density at radius 2 is 1.71 bits per heavy atom. The molecule has 0 aliphatic carbocycles. The van der Waals surface area contributed by atoms with Crippen molar-refractivity contribution in [2.45, 2.75) is 26.7 Å². The Morgan fingerprint density at radius 3 is 2.29 bits per heavy atom. The summed E-state index contributed by atoms with van der Waals surface area (Å²) in [6.45, 7) is 3.62. The molecule has 28 heavy (non-hydrogen) atoms. The molecule has 0 unspecified atom stereocenters. The van der Waals surface area contributed by atoms with Crippen molar-refractivity contribution in [2.24, 2.45) is 0 Å². The Morgan fingerprint density at radius 1 is 1.04 bits per heavy atom. The van der Waals surface area contributed by atoms with Crippen molar-refractivity contribution in [3.8, 4) is 0 Å². The first-order valence-corrected chi connectivity index (χ1v) is 9.47. The van der Waals surface area contributed by atoms with Gasteiger partial charge in [0.1, 0.15) is 6.54 Å². The molecule has 0 fully saturated rings. The number of thiophene rings is 1. The van der Waals surface area contributed by atoms with E-state index in [9.17, 15) is 19.2 Å². The Bertz CT molecular complexity index is 887. The number of Topliss-reactive ketones (excluding diaryl/α,β-unsaturated/α-hetero) is 1. The van der Waals surface area contributed by atoms with Gasteiger partial charge < -0.3 is 15.4 Å². The second-order valence-corrected chi connectivity index (χ2v) is 7.59. The van der Waals surface area contributed by atoms with Crippen molar-refractivity contribution < 1.29 is 23.9 Å². The lowest BCUT2D eigenvalue weighted by atomic mass is 10.1. The van der Waals surface area contributed by atoms with Gasteiger partial charge in [0.2, 0.25) is 5.91 Å². The predicted octanol–water partition coefficient (Wildman–Crippen LogP) is 2.87. The molecule has 0 radical (unpaired) electrons. The fourth-order valence-corrected chi connectivity index (χ4v) is 3.47. The second-order valence-electron chi connectivity index (χ2n) is 6.13. The van der Waals surface area contributed by atoms with Gasteiger partial charge in [0, 0.05) is 39.4 Å². The van der Waals surface area contributed by atoms with E-state index in [0.29, 0.717) is 16.8 Å². The number of methoxy groups -OCH3 is 1. The molecule has 2 amide bonds. The molecule has 1 aromatic heterocycles. The Labute approximate surface area is 167 Å². The molecule has 1 aromatic carbocycles. The number of nitrogens with one attached hydrogen (secondary N) is 2. The van der Waals surface area contributed by atoms with E-state index >= 15 is 0 Å². The number of carbonyl (C=O) groups is 4. The van der Waals surface area contributed by atoms with Crippen LogP contribution in [-0.4, -0.2) is 37.2 Å². The third-order valence-corrected chi connectivity index (χ3v) is 4.94. The molecule has 0 aliphatic heterocycles. The lowest BCUT2D eigenvalue weighted by Gasteiger charge is -2.07. The van der Waals surface area contributed by atoms with Crippen LogP contribution in [0.1, 0.15) is 43.3 Å². The van der Waals surface area contributed by atoms with Crippen LogP contribution in [0.4, 0.5) is 5.69 Å². The Kier molecular flexibility index (Phi) is 7.45. The van der Waals surface area contributed by atoms with E-state index in [1.54, 1.807) is 23.5 Å². The summed E-state index contributed by atoms with van der Waals surface area (Å²) in [5.74, 6) is -1.29. The summed E-state index contributed by atoms with van der Waals surface area (Å²) in [5.41, 5.74) is 1.54. The van der Waals surface area contributed by atoms with Crippen LogP contribution in [0.25, 0.3) is 0 Å². The first-order valence-electron chi connectivity index (χ1n) is 8.65. The molecular weight excluding hydrogens is 380 g/mol. The van der Waals surface area contributed by atoms with E-state index in [2.05, 4.69) is 15.4 Å². The van der Waals surface area contributed by atoms with Gasteiger partial charge in [-0.2, -0.15) is 0 Å². The normalized spacial score (nSPS) is 10.2. The predicted molar refractivity (Wildman–Crippen MR) is 107 cm³/mol. The quantitative estimate of drug-likeness (QED) is 0.522. The first-order chi connectivity index (χ1) is 13.3. The van der Waals surface area contributed by atoms with E-state index in [-0.39, 0.29) is 31.1 Å². The maximum Gasteiger partial charge on any atom is 0.325 e. The standard InChI is InChI=1S/C20H22N2O5S/c1-12-10-16(13(2)28-12)17(23)8-9-18(24)22-15-6-4-14(5-7-15)20(26)21-11-19(25)27-3/h4-7,10H,8-9,11H2,1-3H3,(H,21,26)(H,22,24). The van der Waals surface area contributed by atoms with Crippen molar-refractivity contribution in [3.05, 3.63) is 51.2 Å². The van der Waals surface area contributed by atoms with Gasteiger partial charge in [0.05, 0.1) is 7.11 Å². The molecule has 2 aromatic rings. The lowest BCUT2D eigenvalue weighted by molar-refractivity contribution is -0.139. The highest BCUT2D eigenvalue weighted by Gasteiger charge is 2.14. The van der Waals surface area contributed by atoms with Gasteiger partial charge >= 0.3 is 5.97 Å². The number of aryl methyl sites for hydroxylation is 2. The number of ketones is 1. The minimum Gasteiger partial charge on any atom is -0.468 e. The highest BCUT2D eigenvalue weighted by molar-refractivity contribution is 7.12. The fraction of sp³-hybridized carbons (Fsp3) is 0.300. The number of ether oxygens (including phenoxy) is 1. The van der Waals surface area contributed by atoms with Crippen LogP contribution in [-0.2, 0) is 14.3 Å². The summed E-state index contributed by atoms with van der Waals surface area (Å²) in [6.07, 6.45) is 0.214. The van der Waals surface area contributed by atoms with E-state index in [1.807, 2.05) is 19.9 Å². The Hall–Kier alpha value is -3.00. The third-order valence-electron chi connectivity index (χ3n) is 3.97. The van der Waals surface area contributed by atoms with Crippen LogP contribution < -0.4 is 10.6 Å². The number of esters is 1. The number of hydrogen-bond donors (Lipinski definition) is 2. The smallest absolute Gasteiger partial charge is 0.325 e. The summed E-state index contributed by atoms with van der Waals surface area (Å²) in [6, 6.07) is 8.08. The van der Waals surface area contributed by atoms with Gasteiger partial charge in [-0.05, 0) is 44.2 Å². The van der Waals surface area contributed by atoms with Gasteiger partial charge in [-0.1, -0.05) is 0 Å². The van der Waals surface area contributed by atoms with Gasteiger partial charge in [-0.15, -0.1) is 11.3 Å². The summed E-state index contributed by atoms with van der Waals surface area (Å²) in [4.78, 5) is 49.3. The molecule has 148 valence electrons. The van der Waals surface area contributed by atoms with Crippen molar-refractivity contribution >= 4 is 40.6 Å². The van der Waals surface area contributed by atoms with Gasteiger partial charge in [0.15, 0.2) is 5.78 Å². The van der Waals surface area contributed by atoms with Crippen LogP contribution in [0.15, 0.2) is 30.3 Å². The number of hydrogen-bond acceptors (Lipinski definition) is 6. The van der Waals surface area contributed by atoms with Crippen LogP contribution in [0.3, 0.4) is 0 Å². The average molecular weight is 402 g/mol. The van der Waals surface area contributed by atoms with E-state index in [1.165, 1.54) is 19.2 Å². The lowest BCUT2D eigenvalue weighted by Crippen LogP contribution is -2.30. The molecule has 0 spiro atoms. The topological polar surface area (TPSA) is 102 Å². The van der Waals surface area contributed by atoms with Gasteiger partial charge in [0.25, 0.3) is 5.91 Å². The Balaban J connectivity index is 1.83. The molecule has 8 heteroatoms. The number of anilines is 1. The largest absolute Gasteiger partial charge is 0.468 e. The zero-order chi connectivity index (χ0) is 20.7. The number of benzene rings is 1. The zero-order valence-electron chi connectivity index (χ0n) is 16.0. The highest BCUT2D eigenvalue weighted by atomic mass is 32.1. The van der Waals surface area contributed by atoms with E-state index in [4.69, 9.17) is 0 Å². The molecule has 0 saturated carbocycles. The molecular formula is C20H22N2O5S. The monoisotopic (exact) mass is 402 g/mol. The molecule has 0 atom stereocenters. The molecule has 1 heterocycles. The van der Waals surface area contributed by atoms with Crippen molar-refractivity contribution in [1.29, 1.82) is 0 Å². The summed E-state index contributed by atoms with van der Waals surface area (Å²) >= 11 is 1.56. The second kappa shape index (κ2) is 9.80. The fourth-order valence-electron chi connectivity index (χ4n) is 2.52. The van der Waals surface area contributed by atoms with E-state index in [0.717, 1.165) is 9.75 Å². The molecule has 2 N–H and O–H groups in total. The molecule has 0 aliphatic rings. The maximum atomic E-state index is 12.2. The molecule has 0 saturated heterocycles. The SMILES string of the molecule is COC(=O)CNC(=O)c1ccc(NC(=O)CCC(=O)c2cc(C)sc2C)cc1. The zero-order valence-corrected chi connectivity index (χ0v) is 16.8. The van der Waals surface area contributed by atoms with Gasteiger partial charge in [-0.3, -0.25) is 19.2 Å². The molecule has 0 bridgehead atoms. The highest BCUT2D eigenvalue weighted by Crippen LogP contribution is 2.22. The third kappa shape index (κ3) is 6.02. The number of rotatable bonds is 8. The summed E-state index contributed by atoms with van der Waals surface area (Å²) in [5, 5.41) is 5.13. The van der Waals surface area contributed by atoms with E-state index < -0.39 is 11.9 Å². The maximum absolute atomic E-state index is 12.2. The minimum absolute atomic E-state index is 0.0466.